The van der Waals surface area contributed by atoms with Crippen LogP contribution in [0.1, 0.15) is 20.8 Å². The lowest BCUT2D eigenvalue weighted by Crippen LogP contribution is -2.24. The number of ether oxygens (including phenoxy) is 1. The van der Waals surface area contributed by atoms with Gasteiger partial charge in [-0.3, -0.25) is 0 Å². The molecule has 92 valence electrons. The molecule has 0 heterocycles. The van der Waals surface area contributed by atoms with Gasteiger partial charge in [0.05, 0.1) is 6.10 Å². The van der Waals surface area contributed by atoms with Crippen molar-refractivity contribution in [2.45, 2.75) is 33.0 Å². The van der Waals surface area contributed by atoms with Crippen LogP contribution < -0.4 is 0 Å². The van der Waals surface area contributed by atoms with Crippen molar-refractivity contribution in [3.63, 3.8) is 0 Å². The third kappa shape index (κ3) is 12.4. The van der Waals surface area contributed by atoms with Gasteiger partial charge < -0.3 is 14.9 Å². The first kappa shape index (κ1) is 16.8. The van der Waals surface area contributed by atoms with Crippen LogP contribution in [0, 0.1) is 0 Å². The molecule has 0 radical (unpaired) electrons. The number of aliphatic hydroxyl groups excluding tert-OH is 1. The molecule has 0 saturated heterocycles. The lowest BCUT2D eigenvalue weighted by Gasteiger charge is -2.13. The SMILES string of the molecule is C=CC(=O)OC(C)C(C)O.CC=CC(=O)O. The molecule has 2 N–H and O–H groups in total. The Labute approximate surface area is 95.0 Å². The van der Waals surface area contributed by atoms with Crippen molar-refractivity contribution in [1.82, 2.24) is 0 Å². The molecule has 0 aliphatic carbocycles. The summed E-state index contributed by atoms with van der Waals surface area (Å²) in [5.74, 6) is -1.40. The normalized spacial score (nSPS) is 13.2. The van der Waals surface area contributed by atoms with Gasteiger partial charge in [0.15, 0.2) is 0 Å². The quantitative estimate of drug-likeness (QED) is 0.558. The minimum atomic E-state index is -0.891. The fourth-order valence-electron chi connectivity index (χ4n) is 0.472. The second-order valence-electron chi connectivity index (χ2n) is 2.92. The number of aliphatic hydroxyl groups is 1. The van der Waals surface area contributed by atoms with Crippen LogP contribution in [-0.4, -0.2) is 34.4 Å². The van der Waals surface area contributed by atoms with Crippen molar-refractivity contribution in [3.05, 3.63) is 24.8 Å². The highest BCUT2D eigenvalue weighted by molar-refractivity contribution is 5.81. The summed E-state index contributed by atoms with van der Waals surface area (Å²) in [4.78, 5) is 20.0. The monoisotopic (exact) mass is 230 g/mol. The molecule has 0 rings (SSSR count). The van der Waals surface area contributed by atoms with Crippen molar-refractivity contribution in [2.75, 3.05) is 0 Å². The van der Waals surface area contributed by atoms with Crippen LogP contribution in [0.2, 0.25) is 0 Å². The Kier molecular flexibility index (Phi) is 10.4. The van der Waals surface area contributed by atoms with Gasteiger partial charge in [-0.15, -0.1) is 0 Å². The van der Waals surface area contributed by atoms with Gasteiger partial charge in [-0.05, 0) is 20.8 Å². The molecule has 5 heteroatoms. The van der Waals surface area contributed by atoms with E-state index < -0.39 is 24.1 Å². The Morgan fingerprint density at radius 1 is 1.38 bits per heavy atom. The van der Waals surface area contributed by atoms with Crippen LogP contribution >= 0.6 is 0 Å². The third-order valence-corrected chi connectivity index (χ3v) is 1.46. The highest BCUT2D eigenvalue weighted by Gasteiger charge is 2.11. The Hall–Kier alpha value is -1.62. The van der Waals surface area contributed by atoms with E-state index in [9.17, 15) is 9.59 Å². The average Bonchev–Trinajstić information content (AvgIpc) is 2.18. The zero-order valence-electron chi connectivity index (χ0n) is 9.71. The molecule has 0 amide bonds. The first-order valence-corrected chi connectivity index (χ1v) is 4.71. The molecule has 2 atom stereocenters. The van der Waals surface area contributed by atoms with E-state index in [4.69, 9.17) is 10.2 Å². The summed E-state index contributed by atoms with van der Waals surface area (Å²) in [6, 6.07) is 0. The number of esters is 1. The van der Waals surface area contributed by atoms with E-state index in [0.717, 1.165) is 12.2 Å². The molecule has 0 aromatic rings. The van der Waals surface area contributed by atoms with Crippen LogP contribution in [0.5, 0.6) is 0 Å². The second-order valence-corrected chi connectivity index (χ2v) is 2.92. The average molecular weight is 230 g/mol. The molecule has 0 fully saturated rings. The highest BCUT2D eigenvalue weighted by Crippen LogP contribution is 1.97. The Balaban J connectivity index is 0. The lowest BCUT2D eigenvalue weighted by molar-refractivity contribution is -0.146. The summed E-state index contributed by atoms with van der Waals surface area (Å²) < 4.78 is 4.65. The van der Waals surface area contributed by atoms with Crippen molar-refractivity contribution in [2.24, 2.45) is 0 Å². The summed E-state index contributed by atoms with van der Waals surface area (Å²) in [6.07, 6.45) is 2.52. The van der Waals surface area contributed by atoms with Crippen molar-refractivity contribution in [1.29, 1.82) is 0 Å². The van der Waals surface area contributed by atoms with E-state index >= 15 is 0 Å². The molecule has 0 aliphatic rings. The molecule has 16 heavy (non-hydrogen) atoms. The van der Waals surface area contributed by atoms with E-state index in [1.807, 2.05) is 0 Å². The maximum Gasteiger partial charge on any atom is 0.330 e. The van der Waals surface area contributed by atoms with Crippen LogP contribution in [0.15, 0.2) is 24.8 Å². The Bertz CT molecular complexity index is 255. The number of carboxylic acids is 1. The number of rotatable bonds is 4. The Morgan fingerprint density at radius 3 is 2.06 bits per heavy atom. The summed E-state index contributed by atoms with van der Waals surface area (Å²) in [7, 11) is 0. The van der Waals surface area contributed by atoms with Crippen LogP contribution in [0.25, 0.3) is 0 Å². The Morgan fingerprint density at radius 2 is 1.88 bits per heavy atom. The van der Waals surface area contributed by atoms with Gasteiger partial charge in [0.25, 0.3) is 0 Å². The van der Waals surface area contributed by atoms with E-state index in [2.05, 4.69) is 11.3 Å². The molecular weight excluding hydrogens is 212 g/mol. The van der Waals surface area contributed by atoms with E-state index in [1.54, 1.807) is 20.8 Å². The number of carbonyl (C=O) groups is 2. The molecule has 0 saturated carbocycles. The number of carbonyl (C=O) groups excluding carboxylic acids is 1. The van der Waals surface area contributed by atoms with Crippen molar-refractivity contribution < 1.29 is 24.5 Å². The van der Waals surface area contributed by atoms with Gasteiger partial charge in [0, 0.05) is 12.2 Å². The van der Waals surface area contributed by atoms with Crippen molar-refractivity contribution >= 4 is 11.9 Å². The lowest BCUT2D eigenvalue weighted by atomic mass is 10.3. The molecule has 0 bridgehead atoms. The molecule has 0 aromatic carbocycles. The predicted octanol–water partition coefficient (Wildman–Crippen LogP) is 1.13. The molecule has 0 spiro atoms. The van der Waals surface area contributed by atoms with Gasteiger partial charge in [-0.1, -0.05) is 12.7 Å². The maximum atomic E-state index is 10.5. The topological polar surface area (TPSA) is 83.8 Å². The van der Waals surface area contributed by atoms with Crippen LogP contribution in [0.4, 0.5) is 0 Å². The van der Waals surface area contributed by atoms with E-state index in [0.29, 0.717) is 0 Å². The number of carboxylic acid groups (broad SMARTS) is 1. The van der Waals surface area contributed by atoms with Gasteiger partial charge in [-0.2, -0.15) is 0 Å². The molecule has 2 unspecified atom stereocenters. The molecule has 5 nitrogen and oxygen atoms in total. The third-order valence-electron chi connectivity index (χ3n) is 1.46. The second kappa shape index (κ2) is 9.92. The van der Waals surface area contributed by atoms with E-state index in [-0.39, 0.29) is 0 Å². The summed E-state index contributed by atoms with van der Waals surface area (Å²) in [6.45, 7) is 8.05. The minimum Gasteiger partial charge on any atom is -0.478 e. The van der Waals surface area contributed by atoms with Crippen LogP contribution in [-0.2, 0) is 14.3 Å². The predicted molar refractivity (Wildman–Crippen MR) is 59.9 cm³/mol. The van der Waals surface area contributed by atoms with Crippen LogP contribution in [0.3, 0.4) is 0 Å². The fraction of sp³-hybridized carbons (Fsp3) is 0.455. The standard InChI is InChI=1S/C7H12O3.C4H6O2/c1-4-7(9)10-6(3)5(2)8;1-2-3-4(5)6/h4-6,8H,1H2,2-3H3;2-3H,1H3,(H,5,6). The molecular formula is C11H18O5. The number of aliphatic carboxylic acids is 1. The minimum absolute atomic E-state index is 0.467. The highest BCUT2D eigenvalue weighted by atomic mass is 16.6. The smallest absolute Gasteiger partial charge is 0.330 e. The summed E-state index contributed by atoms with van der Waals surface area (Å²) in [5.41, 5.74) is 0. The van der Waals surface area contributed by atoms with Gasteiger partial charge in [0.2, 0.25) is 0 Å². The zero-order chi connectivity index (χ0) is 13.1. The van der Waals surface area contributed by atoms with Crippen molar-refractivity contribution in [3.8, 4) is 0 Å². The first-order valence-electron chi connectivity index (χ1n) is 4.71. The van der Waals surface area contributed by atoms with E-state index in [1.165, 1.54) is 6.08 Å². The largest absolute Gasteiger partial charge is 0.478 e. The fourth-order valence-corrected chi connectivity index (χ4v) is 0.472. The zero-order valence-corrected chi connectivity index (χ0v) is 9.71. The molecule has 0 aromatic heterocycles. The number of hydrogen-bond donors (Lipinski definition) is 2. The van der Waals surface area contributed by atoms with Gasteiger partial charge in [0.1, 0.15) is 6.10 Å². The summed E-state index contributed by atoms with van der Waals surface area (Å²) in [5, 5.41) is 16.7. The van der Waals surface area contributed by atoms with Gasteiger partial charge >= 0.3 is 11.9 Å². The number of allylic oxidation sites excluding steroid dienone is 1. The maximum absolute atomic E-state index is 10.5. The number of hydrogen-bond acceptors (Lipinski definition) is 4. The first-order chi connectivity index (χ1) is 7.34. The molecule has 0 aliphatic heterocycles. The van der Waals surface area contributed by atoms with Gasteiger partial charge in [-0.25, -0.2) is 9.59 Å². The summed E-state index contributed by atoms with van der Waals surface area (Å²) >= 11 is 0.